The molecule has 2 rings (SSSR count). The van der Waals surface area contributed by atoms with E-state index in [9.17, 15) is 0 Å². The van der Waals surface area contributed by atoms with Crippen LogP contribution >= 0.6 is 24.0 Å². The summed E-state index contributed by atoms with van der Waals surface area (Å²) < 4.78 is 10.5. The predicted octanol–water partition coefficient (Wildman–Crippen LogP) is 2.05. The summed E-state index contributed by atoms with van der Waals surface area (Å²) in [6.45, 7) is 5.44. The van der Waals surface area contributed by atoms with Gasteiger partial charge in [0.25, 0.3) is 0 Å². The van der Waals surface area contributed by atoms with Crippen molar-refractivity contribution in [3.8, 4) is 5.75 Å². The van der Waals surface area contributed by atoms with Crippen molar-refractivity contribution in [2.45, 2.75) is 20.4 Å². The molecule has 0 atom stereocenters. The molecule has 0 radical (unpaired) electrons. The van der Waals surface area contributed by atoms with Crippen LogP contribution in [0, 0.1) is 13.8 Å². The highest BCUT2D eigenvalue weighted by molar-refractivity contribution is 14.0. The average molecular weight is 431 g/mol. The predicted molar refractivity (Wildman–Crippen MR) is 99.3 cm³/mol. The Morgan fingerprint density at radius 2 is 1.96 bits per heavy atom. The van der Waals surface area contributed by atoms with E-state index in [1.165, 1.54) is 5.56 Å². The summed E-state index contributed by atoms with van der Waals surface area (Å²) in [5, 5.41) is 10.1. The van der Waals surface area contributed by atoms with E-state index < -0.39 is 0 Å². The molecule has 0 aliphatic heterocycles. The summed E-state index contributed by atoms with van der Waals surface area (Å²) in [5.41, 5.74) is 1.21. The molecule has 0 bridgehead atoms. The van der Waals surface area contributed by atoms with Crippen molar-refractivity contribution in [1.29, 1.82) is 0 Å². The first-order chi connectivity index (χ1) is 10.7. The molecule has 1 aromatic carbocycles. The first-order valence-electron chi connectivity index (χ1n) is 7.10. The Morgan fingerprint density at radius 1 is 1.22 bits per heavy atom. The molecule has 0 saturated carbocycles. The van der Waals surface area contributed by atoms with E-state index in [2.05, 4.69) is 25.8 Å². The largest absolute Gasteiger partial charge is 0.492 e. The second kappa shape index (κ2) is 10.0. The van der Waals surface area contributed by atoms with Gasteiger partial charge in [0, 0.05) is 14.0 Å². The van der Waals surface area contributed by atoms with E-state index in [1.54, 1.807) is 14.0 Å². The molecule has 0 spiro atoms. The molecule has 126 valence electrons. The van der Waals surface area contributed by atoms with Crippen molar-refractivity contribution in [2.24, 2.45) is 4.99 Å². The lowest BCUT2D eigenvalue weighted by Gasteiger charge is -2.11. The Morgan fingerprint density at radius 3 is 2.57 bits per heavy atom. The minimum absolute atomic E-state index is 0. The third-order valence-electron chi connectivity index (χ3n) is 2.89. The van der Waals surface area contributed by atoms with Crippen molar-refractivity contribution in [1.82, 2.24) is 20.8 Å². The molecule has 0 aliphatic rings. The monoisotopic (exact) mass is 431 g/mol. The van der Waals surface area contributed by atoms with Crippen molar-refractivity contribution in [2.75, 3.05) is 20.2 Å². The summed E-state index contributed by atoms with van der Waals surface area (Å²) in [6, 6.07) is 7.97. The number of aryl methyl sites for hydroxylation is 2. The smallest absolute Gasteiger partial charge is 0.223 e. The number of rotatable bonds is 6. The number of benzene rings is 1. The fourth-order valence-electron chi connectivity index (χ4n) is 1.77. The lowest BCUT2D eigenvalue weighted by Crippen LogP contribution is -2.39. The van der Waals surface area contributed by atoms with Crippen LogP contribution in [-0.2, 0) is 6.54 Å². The molecule has 1 heterocycles. The van der Waals surface area contributed by atoms with Gasteiger partial charge in [0.1, 0.15) is 12.4 Å². The Hall–Kier alpha value is -1.84. The van der Waals surface area contributed by atoms with Crippen molar-refractivity contribution >= 4 is 29.9 Å². The van der Waals surface area contributed by atoms with Gasteiger partial charge in [-0.2, -0.15) is 4.98 Å². The summed E-state index contributed by atoms with van der Waals surface area (Å²) in [4.78, 5) is 8.23. The highest BCUT2D eigenvalue weighted by atomic mass is 127. The Labute approximate surface area is 152 Å². The van der Waals surface area contributed by atoms with Crippen LogP contribution in [0.3, 0.4) is 0 Å². The number of aromatic nitrogens is 2. The van der Waals surface area contributed by atoms with Crippen LogP contribution in [0.1, 0.15) is 17.3 Å². The number of hydrogen-bond donors (Lipinski definition) is 2. The maximum absolute atomic E-state index is 5.64. The van der Waals surface area contributed by atoms with E-state index in [-0.39, 0.29) is 24.0 Å². The maximum atomic E-state index is 5.64. The first kappa shape index (κ1) is 19.2. The zero-order valence-corrected chi connectivity index (χ0v) is 15.8. The van der Waals surface area contributed by atoms with Gasteiger partial charge in [0.05, 0.1) is 13.1 Å². The molecule has 0 amide bonds. The Kier molecular flexibility index (Phi) is 8.38. The first-order valence-corrected chi connectivity index (χ1v) is 7.10. The van der Waals surface area contributed by atoms with E-state index in [0.717, 1.165) is 5.75 Å². The standard InChI is InChI=1S/C15H21N5O2.HI/c1-11-4-6-13(7-5-11)21-9-8-17-15(16-3)18-10-14-19-12(2)22-20-14;/h4-7H,8-10H2,1-3H3,(H2,16,17,18);1H. The maximum Gasteiger partial charge on any atom is 0.223 e. The van der Waals surface area contributed by atoms with Gasteiger partial charge in [0.15, 0.2) is 11.8 Å². The lowest BCUT2D eigenvalue weighted by atomic mass is 10.2. The molecule has 8 heteroatoms. The van der Waals surface area contributed by atoms with Gasteiger partial charge in [-0.15, -0.1) is 24.0 Å². The minimum Gasteiger partial charge on any atom is -0.492 e. The van der Waals surface area contributed by atoms with E-state index >= 15 is 0 Å². The van der Waals surface area contributed by atoms with Crippen LogP contribution in [0.15, 0.2) is 33.8 Å². The molecule has 0 aliphatic carbocycles. The van der Waals surface area contributed by atoms with Crippen LogP contribution in [0.25, 0.3) is 0 Å². The van der Waals surface area contributed by atoms with E-state index in [0.29, 0.717) is 37.4 Å². The highest BCUT2D eigenvalue weighted by Crippen LogP contribution is 2.10. The lowest BCUT2D eigenvalue weighted by molar-refractivity contribution is 0.322. The number of nitrogens with one attached hydrogen (secondary N) is 2. The van der Waals surface area contributed by atoms with Crippen LogP contribution in [0.4, 0.5) is 0 Å². The summed E-state index contributed by atoms with van der Waals surface area (Å²) in [7, 11) is 1.71. The number of ether oxygens (including phenoxy) is 1. The van der Waals surface area contributed by atoms with Gasteiger partial charge < -0.3 is 19.9 Å². The normalized spacial score (nSPS) is 10.8. The molecular formula is C15H22IN5O2. The molecule has 0 unspecified atom stereocenters. The van der Waals surface area contributed by atoms with Crippen molar-refractivity contribution in [3.63, 3.8) is 0 Å². The van der Waals surface area contributed by atoms with Crippen LogP contribution in [0.2, 0.25) is 0 Å². The van der Waals surface area contributed by atoms with Gasteiger partial charge in [-0.05, 0) is 19.1 Å². The SMILES string of the molecule is CN=C(NCCOc1ccc(C)cc1)NCc1noc(C)n1.I. The highest BCUT2D eigenvalue weighted by Gasteiger charge is 2.03. The van der Waals surface area contributed by atoms with Crippen LogP contribution in [0.5, 0.6) is 5.75 Å². The van der Waals surface area contributed by atoms with Gasteiger partial charge in [-0.25, -0.2) is 0 Å². The van der Waals surface area contributed by atoms with Crippen molar-refractivity contribution < 1.29 is 9.26 Å². The Balaban J connectivity index is 0.00000264. The van der Waals surface area contributed by atoms with Gasteiger partial charge in [-0.3, -0.25) is 4.99 Å². The van der Waals surface area contributed by atoms with Gasteiger partial charge in [-0.1, -0.05) is 22.9 Å². The topological polar surface area (TPSA) is 84.6 Å². The zero-order valence-electron chi connectivity index (χ0n) is 13.5. The number of halogens is 1. The molecular weight excluding hydrogens is 409 g/mol. The number of aliphatic imine (C=N–C) groups is 1. The molecule has 2 aromatic rings. The summed E-state index contributed by atoms with van der Waals surface area (Å²) in [6.07, 6.45) is 0. The third kappa shape index (κ3) is 6.85. The molecule has 23 heavy (non-hydrogen) atoms. The van der Waals surface area contributed by atoms with Gasteiger partial charge in [0.2, 0.25) is 5.89 Å². The third-order valence-corrected chi connectivity index (χ3v) is 2.89. The molecule has 0 saturated heterocycles. The molecule has 1 aromatic heterocycles. The Bertz CT molecular complexity index is 613. The van der Waals surface area contributed by atoms with Crippen LogP contribution < -0.4 is 15.4 Å². The molecule has 7 nitrogen and oxygen atoms in total. The molecule has 2 N–H and O–H groups in total. The average Bonchev–Trinajstić information content (AvgIpc) is 2.94. The molecule has 0 fully saturated rings. The number of nitrogens with zero attached hydrogens (tertiary/aromatic N) is 3. The van der Waals surface area contributed by atoms with E-state index in [1.807, 2.05) is 31.2 Å². The van der Waals surface area contributed by atoms with Crippen molar-refractivity contribution in [3.05, 3.63) is 41.5 Å². The van der Waals surface area contributed by atoms with E-state index in [4.69, 9.17) is 9.26 Å². The summed E-state index contributed by atoms with van der Waals surface area (Å²) in [5.74, 6) is 2.66. The zero-order chi connectivity index (χ0) is 15.8. The number of guanidine groups is 1. The van der Waals surface area contributed by atoms with Gasteiger partial charge >= 0.3 is 0 Å². The number of hydrogen-bond acceptors (Lipinski definition) is 5. The second-order valence-corrected chi connectivity index (χ2v) is 4.74. The minimum atomic E-state index is 0. The quantitative estimate of drug-likeness (QED) is 0.315. The summed E-state index contributed by atoms with van der Waals surface area (Å²) >= 11 is 0. The van der Waals surface area contributed by atoms with Crippen LogP contribution in [-0.4, -0.2) is 36.3 Å². The second-order valence-electron chi connectivity index (χ2n) is 4.74. The fourth-order valence-corrected chi connectivity index (χ4v) is 1.77. The fraction of sp³-hybridized carbons (Fsp3) is 0.400.